The van der Waals surface area contributed by atoms with E-state index in [0.717, 1.165) is 16.8 Å². The van der Waals surface area contributed by atoms with E-state index in [9.17, 15) is 19.7 Å². The summed E-state index contributed by atoms with van der Waals surface area (Å²) in [5, 5.41) is 21.3. The standard InChI is InChI=1S/C19H15N3O5S3/c23-8-9-29-15-7-6-12(10-14(15)22(26)27)11-16-18(25)21(19(28)30-16)20-17(24)13-4-2-1-3-5-13/h1-7,10-11,23H,8-9H2,(H,20,24). The van der Waals surface area contributed by atoms with Gasteiger partial charge in [-0.25, -0.2) is 0 Å². The maximum Gasteiger partial charge on any atom is 0.285 e. The molecule has 154 valence electrons. The van der Waals surface area contributed by atoms with E-state index < -0.39 is 16.7 Å². The molecule has 2 N–H and O–H groups in total. The Bertz CT molecular complexity index is 1040. The van der Waals surface area contributed by atoms with Crippen molar-refractivity contribution >= 4 is 63.6 Å². The summed E-state index contributed by atoms with van der Waals surface area (Å²) in [4.78, 5) is 36.5. The molecule has 30 heavy (non-hydrogen) atoms. The van der Waals surface area contributed by atoms with Gasteiger partial charge in [-0.05, 0) is 42.1 Å². The van der Waals surface area contributed by atoms with E-state index in [2.05, 4.69) is 5.43 Å². The van der Waals surface area contributed by atoms with Gasteiger partial charge in [0.1, 0.15) is 0 Å². The molecule has 0 spiro atoms. The quantitative estimate of drug-likeness (QED) is 0.212. The SMILES string of the molecule is O=C(NN1C(=O)C(=Cc2ccc(SCCO)c([N+](=O)[O-])c2)SC1=S)c1ccccc1. The predicted molar refractivity (Wildman–Crippen MR) is 120 cm³/mol. The topological polar surface area (TPSA) is 113 Å². The van der Waals surface area contributed by atoms with Gasteiger partial charge < -0.3 is 5.11 Å². The van der Waals surface area contributed by atoms with Gasteiger partial charge in [0.25, 0.3) is 17.5 Å². The zero-order valence-corrected chi connectivity index (χ0v) is 17.8. The molecule has 1 fully saturated rings. The number of thiocarbonyl (C=S) groups is 1. The third kappa shape index (κ3) is 5.05. The maximum absolute atomic E-state index is 12.7. The lowest BCUT2D eigenvalue weighted by atomic mass is 10.2. The number of nitrogens with one attached hydrogen (secondary N) is 1. The Kier molecular flexibility index (Phi) is 7.21. The second kappa shape index (κ2) is 9.85. The fourth-order valence-electron chi connectivity index (χ4n) is 2.52. The number of rotatable bonds is 7. The normalized spacial score (nSPS) is 15.0. The average Bonchev–Trinajstić information content (AvgIpc) is 3.00. The first kappa shape index (κ1) is 22.0. The van der Waals surface area contributed by atoms with Crippen molar-refractivity contribution in [2.75, 3.05) is 12.4 Å². The smallest absolute Gasteiger partial charge is 0.285 e. The van der Waals surface area contributed by atoms with Crippen LogP contribution in [0, 0.1) is 10.1 Å². The minimum Gasteiger partial charge on any atom is -0.396 e. The second-order valence-corrected chi connectivity index (χ2v) is 8.69. The Morgan fingerprint density at radius 1 is 1.30 bits per heavy atom. The minimum absolute atomic E-state index is 0.0965. The highest BCUT2D eigenvalue weighted by Crippen LogP contribution is 2.34. The molecule has 2 aromatic carbocycles. The van der Waals surface area contributed by atoms with Crippen LogP contribution in [0.25, 0.3) is 6.08 Å². The summed E-state index contributed by atoms with van der Waals surface area (Å²) in [6.07, 6.45) is 1.49. The van der Waals surface area contributed by atoms with Gasteiger partial charge in [-0.15, -0.1) is 11.8 Å². The van der Waals surface area contributed by atoms with E-state index in [1.165, 1.54) is 23.9 Å². The first-order valence-electron chi connectivity index (χ1n) is 8.57. The van der Waals surface area contributed by atoms with Crippen molar-refractivity contribution in [3.8, 4) is 0 Å². The molecular formula is C19H15N3O5S3. The number of hydrogen-bond donors (Lipinski definition) is 2. The van der Waals surface area contributed by atoms with E-state index in [1.807, 2.05) is 0 Å². The summed E-state index contributed by atoms with van der Waals surface area (Å²) < 4.78 is 0.153. The molecule has 1 saturated heterocycles. The van der Waals surface area contributed by atoms with Crippen LogP contribution in [0.3, 0.4) is 0 Å². The van der Waals surface area contributed by atoms with Crippen LogP contribution in [0.5, 0.6) is 0 Å². The first-order chi connectivity index (χ1) is 14.4. The molecule has 0 saturated carbocycles. The van der Waals surface area contributed by atoms with Crippen molar-refractivity contribution in [2.45, 2.75) is 4.90 Å². The lowest BCUT2D eigenvalue weighted by Crippen LogP contribution is -2.44. The number of nitro benzene ring substituents is 1. The number of aliphatic hydroxyl groups excluding tert-OH is 1. The molecule has 11 heteroatoms. The van der Waals surface area contributed by atoms with E-state index in [4.69, 9.17) is 17.3 Å². The van der Waals surface area contributed by atoms with Crippen molar-refractivity contribution in [3.63, 3.8) is 0 Å². The van der Waals surface area contributed by atoms with Gasteiger partial charge in [0.15, 0.2) is 4.32 Å². The van der Waals surface area contributed by atoms with Crippen molar-refractivity contribution in [1.29, 1.82) is 0 Å². The molecule has 3 rings (SSSR count). The second-order valence-electron chi connectivity index (χ2n) is 5.88. The lowest BCUT2D eigenvalue weighted by Gasteiger charge is -2.15. The van der Waals surface area contributed by atoms with E-state index in [-0.39, 0.29) is 21.5 Å². The van der Waals surface area contributed by atoms with Gasteiger partial charge in [0, 0.05) is 17.4 Å². The number of amides is 2. The maximum atomic E-state index is 12.7. The fraction of sp³-hybridized carbons (Fsp3) is 0.105. The zero-order valence-electron chi connectivity index (χ0n) is 15.3. The summed E-state index contributed by atoms with van der Waals surface area (Å²) in [5.74, 6) is -0.662. The number of nitro groups is 1. The van der Waals surface area contributed by atoms with E-state index in [0.29, 0.717) is 21.8 Å². The molecule has 0 aliphatic carbocycles. The lowest BCUT2D eigenvalue weighted by molar-refractivity contribution is -0.387. The number of hydrazine groups is 1. The highest BCUT2D eigenvalue weighted by Gasteiger charge is 2.34. The van der Waals surface area contributed by atoms with Gasteiger partial charge in [-0.3, -0.25) is 25.1 Å². The van der Waals surface area contributed by atoms with Gasteiger partial charge in [0.05, 0.1) is 21.3 Å². The molecule has 0 unspecified atom stereocenters. The van der Waals surface area contributed by atoms with Crippen molar-refractivity contribution in [3.05, 3.63) is 74.7 Å². The fourth-order valence-corrected chi connectivity index (χ4v) is 4.45. The minimum atomic E-state index is -0.518. The number of aliphatic hydroxyl groups is 1. The highest BCUT2D eigenvalue weighted by molar-refractivity contribution is 8.26. The largest absolute Gasteiger partial charge is 0.396 e. The molecular weight excluding hydrogens is 446 g/mol. The number of benzene rings is 2. The van der Waals surface area contributed by atoms with Crippen LogP contribution in [-0.2, 0) is 4.79 Å². The third-order valence-electron chi connectivity index (χ3n) is 3.87. The molecule has 2 amide bonds. The molecule has 8 nitrogen and oxygen atoms in total. The van der Waals surface area contributed by atoms with Crippen LogP contribution in [0.1, 0.15) is 15.9 Å². The molecule has 2 aromatic rings. The van der Waals surface area contributed by atoms with Crippen LogP contribution in [0.15, 0.2) is 58.3 Å². The number of nitrogens with zero attached hydrogens (tertiary/aromatic N) is 2. The summed E-state index contributed by atoms with van der Waals surface area (Å²) in [5.41, 5.74) is 3.19. The van der Waals surface area contributed by atoms with Crippen molar-refractivity contribution < 1.29 is 19.6 Å². The Balaban J connectivity index is 1.80. The molecule has 0 aromatic heterocycles. The summed E-state index contributed by atoms with van der Waals surface area (Å²) in [7, 11) is 0. The van der Waals surface area contributed by atoms with Gasteiger partial charge in [-0.1, -0.05) is 36.0 Å². The number of hydrogen-bond acceptors (Lipinski definition) is 8. The van der Waals surface area contributed by atoms with Crippen LogP contribution in [0.2, 0.25) is 0 Å². The monoisotopic (exact) mass is 461 g/mol. The third-order valence-corrected chi connectivity index (χ3v) is 6.21. The Labute approximate surface area is 185 Å². The molecule has 0 bridgehead atoms. The molecule has 1 aliphatic heterocycles. The number of thioether (sulfide) groups is 2. The van der Waals surface area contributed by atoms with Crippen LogP contribution in [0.4, 0.5) is 5.69 Å². The Morgan fingerprint density at radius 2 is 2.03 bits per heavy atom. The molecule has 1 aliphatic rings. The van der Waals surface area contributed by atoms with Crippen LogP contribution < -0.4 is 5.43 Å². The summed E-state index contributed by atoms with van der Waals surface area (Å²) in [6.45, 7) is -0.0965. The average molecular weight is 462 g/mol. The Morgan fingerprint density at radius 3 is 2.70 bits per heavy atom. The summed E-state index contributed by atoms with van der Waals surface area (Å²) >= 11 is 7.36. The predicted octanol–water partition coefficient (Wildman–Crippen LogP) is 3.23. The number of carbonyl (C=O) groups excluding carboxylic acids is 2. The molecule has 0 atom stereocenters. The molecule has 1 heterocycles. The number of carbonyl (C=O) groups is 2. The van der Waals surface area contributed by atoms with Crippen LogP contribution >= 0.6 is 35.7 Å². The van der Waals surface area contributed by atoms with Gasteiger partial charge in [0.2, 0.25) is 0 Å². The van der Waals surface area contributed by atoms with E-state index in [1.54, 1.807) is 42.5 Å². The molecule has 0 radical (unpaired) electrons. The summed E-state index contributed by atoms with van der Waals surface area (Å²) in [6, 6.07) is 13.0. The van der Waals surface area contributed by atoms with E-state index >= 15 is 0 Å². The highest BCUT2D eigenvalue weighted by atomic mass is 32.2. The van der Waals surface area contributed by atoms with Crippen molar-refractivity contribution in [1.82, 2.24) is 10.4 Å². The first-order valence-corrected chi connectivity index (χ1v) is 10.8. The van der Waals surface area contributed by atoms with Gasteiger partial charge in [-0.2, -0.15) is 5.01 Å². The zero-order chi connectivity index (χ0) is 21.7. The Hall–Kier alpha value is -2.73. The van der Waals surface area contributed by atoms with Crippen LogP contribution in [-0.4, -0.2) is 43.5 Å². The van der Waals surface area contributed by atoms with Crippen molar-refractivity contribution in [2.24, 2.45) is 0 Å². The van der Waals surface area contributed by atoms with Gasteiger partial charge >= 0.3 is 0 Å².